The Balaban J connectivity index is 1.94. The second kappa shape index (κ2) is 7.16. The van der Waals surface area contributed by atoms with Crippen molar-refractivity contribution in [3.8, 4) is 0 Å². The van der Waals surface area contributed by atoms with E-state index in [9.17, 15) is 14.0 Å². The molecule has 1 aromatic heterocycles. The van der Waals surface area contributed by atoms with Crippen molar-refractivity contribution in [3.63, 3.8) is 0 Å². The average molecular weight is 304 g/mol. The number of pyridine rings is 1. The summed E-state index contributed by atoms with van der Waals surface area (Å²) >= 11 is 0. The van der Waals surface area contributed by atoms with Crippen LogP contribution in [0.25, 0.3) is 0 Å². The van der Waals surface area contributed by atoms with Crippen LogP contribution in [-0.4, -0.2) is 24.2 Å². The average Bonchev–Trinajstić information content (AvgIpc) is 2.53. The zero-order valence-electron chi connectivity index (χ0n) is 11.7. The van der Waals surface area contributed by atoms with Gasteiger partial charge >= 0.3 is 12.1 Å². The van der Waals surface area contributed by atoms with Gasteiger partial charge < -0.3 is 9.47 Å². The molecule has 2 rings (SSSR count). The molecule has 1 aromatic carbocycles. The summed E-state index contributed by atoms with van der Waals surface area (Å²) in [5, 5.41) is 2.27. The zero-order valence-corrected chi connectivity index (χ0v) is 11.7. The summed E-state index contributed by atoms with van der Waals surface area (Å²) < 4.78 is 22.9. The molecule has 0 aliphatic rings. The topological polar surface area (TPSA) is 77.5 Å². The normalized spacial score (nSPS) is 9.91. The minimum Gasteiger partial charge on any atom is -0.465 e. The van der Waals surface area contributed by atoms with Crippen LogP contribution >= 0.6 is 0 Å². The highest BCUT2D eigenvalue weighted by Gasteiger charge is 2.15. The Kier molecular flexibility index (Phi) is 5.02. The predicted molar refractivity (Wildman–Crippen MR) is 75.8 cm³/mol. The number of carbonyl (C=O) groups is 2. The molecule has 1 amide bonds. The SMILES string of the molecule is COC(=O)c1ccc(NC(=O)OCc2ccccc2)nc1F. The summed E-state index contributed by atoms with van der Waals surface area (Å²) in [6.45, 7) is 0.0788. The maximum atomic E-state index is 13.6. The van der Waals surface area contributed by atoms with E-state index >= 15 is 0 Å². The molecule has 0 radical (unpaired) electrons. The molecule has 0 bridgehead atoms. The number of hydrogen-bond donors (Lipinski definition) is 1. The molecule has 1 N–H and O–H groups in total. The smallest absolute Gasteiger partial charge is 0.413 e. The maximum absolute atomic E-state index is 13.6. The summed E-state index contributed by atoms with van der Waals surface area (Å²) in [5.41, 5.74) is 0.503. The minimum atomic E-state index is -1.03. The van der Waals surface area contributed by atoms with Gasteiger partial charge in [0.25, 0.3) is 0 Å². The van der Waals surface area contributed by atoms with E-state index in [2.05, 4.69) is 15.0 Å². The van der Waals surface area contributed by atoms with Crippen LogP contribution in [0.4, 0.5) is 15.0 Å². The van der Waals surface area contributed by atoms with Gasteiger partial charge in [-0.1, -0.05) is 30.3 Å². The quantitative estimate of drug-likeness (QED) is 0.694. The number of amides is 1. The van der Waals surface area contributed by atoms with E-state index in [1.54, 1.807) is 12.1 Å². The summed E-state index contributed by atoms with van der Waals surface area (Å²) in [7, 11) is 1.13. The second-order valence-electron chi connectivity index (χ2n) is 4.21. The predicted octanol–water partition coefficient (Wildman–Crippen LogP) is 2.76. The molecule has 0 aliphatic carbocycles. The molecule has 22 heavy (non-hydrogen) atoms. The van der Waals surface area contributed by atoms with Crippen molar-refractivity contribution in [2.75, 3.05) is 12.4 Å². The fraction of sp³-hybridized carbons (Fsp3) is 0.133. The lowest BCUT2D eigenvalue weighted by molar-refractivity contribution is 0.0594. The number of benzene rings is 1. The van der Waals surface area contributed by atoms with Gasteiger partial charge in [-0.2, -0.15) is 4.39 Å². The first kappa shape index (κ1) is 15.4. The lowest BCUT2D eigenvalue weighted by Gasteiger charge is -2.07. The number of aromatic nitrogens is 1. The van der Waals surface area contributed by atoms with Gasteiger partial charge in [0.05, 0.1) is 7.11 Å². The van der Waals surface area contributed by atoms with Crippen molar-refractivity contribution in [1.29, 1.82) is 0 Å². The van der Waals surface area contributed by atoms with Crippen molar-refractivity contribution in [2.45, 2.75) is 6.61 Å². The van der Waals surface area contributed by atoms with E-state index < -0.39 is 18.0 Å². The molecule has 114 valence electrons. The molecular formula is C15H13FN2O4. The van der Waals surface area contributed by atoms with Crippen LogP contribution in [0, 0.1) is 5.95 Å². The number of ether oxygens (including phenoxy) is 2. The van der Waals surface area contributed by atoms with Gasteiger partial charge in [-0.3, -0.25) is 5.32 Å². The summed E-state index contributed by atoms with van der Waals surface area (Å²) in [4.78, 5) is 26.3. The lowest BCUT2D eigenvalue weighted by Crippen LogP contribution is -2.15. The maximum Gasteiger partial charge on any atom is 0.413 e. The highest BCUT2D eigenvalue weighted by atomic mass is 19.1. The third-order valence-corrected chi connectivity index (χ3v) is 2.70. The van der Waals surface area contributed by atoms with Gasteiger partial charge in [-0.25, -0.2) is 14.6 Å². The Labute approximate surface area is 125 Å². The van der Waals surface area contributed by atoms with Gasteiger partial charge in [-0.15, -0.1) is 0 Å². The molecular weight excluding hydrogens is 291 g/mol. The minimum absolute atomic E-state index is 0.0665. The number of anilines is 1. The molecule has 0 unspecified atom stereocenters. The monoisotopic (exact) mass is 304 g/mol. The highest BCUT2D eigenvalue weighted by molar-refractivity contribution is 5.90. The van der Waals surface area contributed by atoms with Crippen LogP contribution in [-0.2, 0) is 16.1 Å². The Morgan fingerprint density at radius 1 is 1.18 bits per heavy atom. The van der Waals surface area contributed by atoms with Crippen LogP contribution in [0.3, 0.4) is 0 Å². The van der Waals surface area contributed by atoms with Crippen LogP contribution in [0.2, 0.25) is 0 Å². The van der Waals surface area contributed by atoms with Crippen molar-refractivity contribution >= 4 is 17.9 Å². The van der Waals surface area contributed by atoms with E-state index in [0.717, 1.165) is 12.7 Å². The van der Waals surface area contributed by atoms with Gasteiger partial charge in [0.15, 0.2) is 0 Å². The number of methoxy groups -OCH3 is 1. The van der Waals surface area contributed by atoms with E-state index in [1.165, 1.54) is 12.1 Å². The molecule has 0 aliphatic heterocycles. The number of nitrogens with one attached hydrogen (secondary N) is 1. The second-order valence-corrected chi connectivity index (χ2v) is 4.21. The fourth-order valence-corrected chi connectivity index (χ4v) is 1.63. The van der Waals surface area contributed by atoms with Crippen LogP contribution in [0.1, 0.15) is 15.9 Å². The Morgan fingerprint density at radius 3 is 2.55 bits per heavy atom. The zero-order chi connectivity index (χ0) is 15.9. The number of esters is 1. The number of hydrogen-bond acceptors (Lipinski definition) is 5. The van der Waals surface area contributed by atoms with Crippen LogP contribution < -0.4 is 5.32 Å². The first-order chi connectivity index (χ1) is 10.6. The Hall–Kier alpha value is -2.96. The van der Waals surface area contributed by atoms with Gasteiger partial charge in [0.1, 0.15) is 18.0 Å². The summed E-state index contributed by atoms with van der Waals surface area (Å²) in [5.74, 6) is -1.95. The Bertz CT molecular complexity index is 676. The number of nitrogens with zero attached hydrogens (tertiary/aromatic N) is 1. The molecule has 0 spiro atoms. The molecule has 7 heteroatoms. The molecule has 0 fully saturated rings. The molecule has 6 nitrogen and oxygen atoms in total. The van der Waals surface area contributed by atoms with Crippen LogP contribution in [0.5, 0.6) is 0 Å². The number of carbonyl (C=O) groups excluding carboxylic acids is 2. The van der Waals surface area contributed by atoms with Gasteiger partial charge in [0, 0.05) is 0 Å². The molecule has 0 atom stereocenters. The van der Waals surface area contributed by atoms with E-state index in [4.69, 9.17) is 4.74 Å². The summed E-state index contributed by atoms with van der Waals surface area (Å²) in [6, 6.07) is 11.5. The first-order valence-electron chi connectivity index (χ1n) is 6.32. The van der Waals surface area contributed by atoms with E-state index in [0.29, 0.717) is 0 Å². The third kappa shape index (κ3) is 4.02. The standard InChI is InChI=1S/C15H13FN2O4/c1-21-14(19)11-7-8-12(17-13(11)16)18-15(20)22-9-10-5-3-2-4-6-10/h2-8H,9H2,1H3,(H,17,18,20). The third-order valence-electron chi connectivity index (χ3n) is 2.70. The van der Waals surface area contributed by atoms with Crippen molar-refractivity contribution in [1.82, 2.24) is 4.98 Å². The largest absolute Gasteiger partial charge is 0.465 e. The molecule has 1 heterocycles. The van der Waals surface area contributed by atoms with Gasteiger partial charge in [0.2, 0.25) is 5.95 Å². The number of rotatable bonds is 4. The summed E-state index contributed by atoms with van der Waals surface area (Å²) in [6.07, 6.45) is -0.776. The van der Waals surface area contributed by atoms with Crippen molar-refractivity contribution < 1.29 is 23.5 Å². The van der Waals surface area contributed by atoms with Crippen LogP contribution in [0.15, 0.2) is 42.5 Å². The van der Waals surface area contributed by atoms with Crippen molar-refractivity contribution in [3.05, 3.63) is 59.5 Å². The van der Waals surface area contributed by atoms with E-state index in [1.807, 2.05) is 18.2 Å². The first-order valence-corrected chi connectivity index (χ1v) is 6.32. The number of halogens is 1. The van der Waals surface area contributed by atoms with Crippen molar-refractivity contribution in [2.24, 2.45) is 0 Å². The Morgan fingerprint density at radius 2 is 1.91 bits per heavy atom. The lowest BCUT2D eigenvalue weighted by atomic mass is 10.2. The van der Waals surface area contributed by atoms with Gasteiger partial charge in [-0.05, 0) is 17.7 Å². The fourth-order valence-electron chi connectivity index (χ4n) is 1.63. The highest BCUT2D eigenvalue weighted by Crippen LogP contribution is 2.11. The van der Waals surface area contributed by atoms with E-state index in [-0.39, 0.29) is 18.0 Å². The molecule has 0 saturated carbocycles. The molecule has 2 aromatic rings. The molecule has 0 saturated heterocycles.